The van der Waals surface area contributed by atoms with Gasteiger partial charge in [-0.2, -0.15) is 48.8 Å². The molecule has 0 aliphatic carbocycles. The van der Waals surface area contributed by atoms with Gasteiger partial charge < -0.3 is 0 Å². The van der Waals surface area contributed by atoms with E-state index in [1.165, 1.54) is 20.9 Å². The summed E-state index contributed by atoms with van der Waals surface area (Å²) in [5, 5.41) is 5.85. The molecule has 0 nitrogen and oxygen atoms in total. The Hall–Kier alpha value is 1.50. The Balaban J connectivity index is 1.67. The number of benzene rings is 1. The average molecular weight is 523 g/mol. The van der Waals surface area contributed by atoms with Gasteiger partial charge in [0.25, 0.3) is 0 Å². The fourth-order valence-corrected chi connectivity index (χ4v) is 12.0. The van der Waals surface area contributed by atoms with Gasteiger partial charge in [0.05, 0.1) is 9.16 Å². The van der Waals surface area contributed by atoms with E-state index in [0.717, 1.165) is 24.3 Å². The summed E-state index contributed by atoms with van der Waals surface area (Å²) in [7, 11) is 0. The van der Waals surface area contributed by atoms with Gasteiger partial charge in [0.2, 0.25) is 0 Å². The van der Waals surface area contributed by atoms with Crippen molar-refractivity contribution in [3.05, 3.63) is 56.0 Å². The lowest BCUT2D eigenvalue weighted by Crippen LogP contribution is -2.21. The highest BCUT2D eigenvalue weighted by Crippen LogP contribution is 2.47. The largest absolute Gasteiger partial charge is 0.174 e. The molecule has 0 saturated heterocycles. The lowest BCUT2D eigenvalue weighted by molar-refractivity contribution is 0.872. The van der Waals surface area contributed by atoms with Gasteiger partial charge in [0, 0.05) is 31.8 Å². The highest BCUT2D eigenvalue weighted by Gasteiger charge is 2.29. The molecule has 0 N–H and O–H groups in total. The third kappa shape index (κ3) is 6.50. The van der Waals surface area contributed by atoms with Gasteiger partial charge in [0.15, 0.2) is 0 Å². The Morgan fingerprint density at radius 3 is 1.57 bits per heavy atom. The average Bonchev–Trinajstić information content (AvgIpc) is 3.40. The summed E-state index contributed by atoms with van der Waals surface area (Å²) in [6.07, 6.45) is 6.80. The molecule has 0 fully saturated rings. The Labute approximate surface area is 206 Å². The predicted molar refractivity (Wildman–Crippen MR) is 150 cm³/mol. The van der Waals surface area contributed by atoms with Crippen molar-refractivity contribution in [1.29, 1.82) is 0 Å². The molecular weight excluding hydrogens is 497 g/mol. The molecule has 2 heterocycles. The van der Waals surface area contributed by atoms with Gasteiger partial charge in [0.1, 0.15) is 0 Å². The monoisotopic (exact) mass is 522 g/mol. The van der Waals surface area contributed by atoms with Gasteiger partial charge in [-0.15, -0.1) is 47.0 Å². The van der Waals surface area contributed by atoms with Gasteiger partial charge in [-0.1, -0.05) is 24.3 Å². The van der Waals surface area contributed by atoms with Crippen molar-refractivity contribution >= 4 is 95.8 Å². The molecule has 2 aliphatic rings. The van der Waals surface area contributed by atoms with Crippen LogP contribution in [0.4, 0.5) is 0 Å². The first-order chi connectivity index (χ1) is 13.7. The van der Waals surface area contributed by atoms with Gasteiger partial charge in [-0.3, -0.25) is 0 Å². The van der Waals surface area contributed by atoms with Crippen LogP contribution in [0.25, 0.3) is 0 Å². The van der Waals surface area contributed by atoms with E-state index in [0.29, 0.717) is 19.7 Å². The van der Waals surface area contributed by atoms with Crippen molar-refractivity contribution < 1.29 is 0 Å². The summed E-state index contributed by atoms with van der Waals surface area (Å²) in [4.78, 5) is 2.83. The molecular formula is C20H26S8. The summed E-state index contributed by atoms with van der Waals surface area (Å²) >= 11 is 20.9. The molecule has 0 saturated carbocycles. The van der Waals surface area contributed by atoms with E-state index in [2.05, 4.69) is 72.9 Å². The van der Waals surface area contributed by atoms with Crippen molar-refractivity contribution in [1.82, 2.24) is 0 Å². The van der Waals surface area contributed by atoms with E-state index >= 15 is 0 Å². The number of thioether (sulfide) groups is 6. The van der Waals surface area contributed by atoms with E-state index in [9.17, 15) is 0 Å². The van der Waals surface area contributed by atoms with Crippen LogP contribution in [0.15, 0.2) is 44.9 Å². The molecule has 1 aromatic rings. The van der Waals surface area contributed by atoms with E-state index < -0.39 is 0 Å². The molecule has 3 rings (SSSR count). The fourth-order valence-electron chi connectivity index (χ4n) is 3.14. The summed E-state index contributed by atoms with van der Waals surface area (Å²) < 4.78 is 1.20. The van der Waals surface area contributed by atoms with Crippen molar-refractivity contribution in [2.24, 2.45) is 0 Å². The van der Waals surface area contributed by atoms with E-state index in [4.69, 9.17) is 0 Å². The molecule has 0 aromatic heterocycles. The maximum Gasteiger partial charge on any atom is 0.0709 e. The molecule has 4 atom stereocenters. The molecule has 2 aliphatic heterocycles. The second-order valence-corrected chi connectivity index (χ2v) is 14.4. The minimum atomic E-state index is 0.602. The molecule has 0 amide bonds. The predicted octanol–water partition coefficient (Wildman–Crippen LogP) is 7.39. The second kappa shape index (κ2) is 12.5. The topological polar surface area (TPSA) is 0 Å². The summed E-state index contributed by atoms with van der Waals surface area (Å²) in [6, 6.07) is 9.10. The molecule has 0 bridgehead atoms. The quantitative estimate of drug-likeness (QED) is 0.305. The number of rotatable bonds is 10. The summed E-state index contributed by atoms with van der Waals surface area (Å²) in [6.45, 7) is 0. The van der Waals surface area contributed by atoms with Crippen LogP contribution >= 0.6 is 95.8 Å². The van der Waals surface area contributed by atoms with Crippen molar-refractivity contribution in [3.8, 4) is 0 Å². The van der Waals surface area contributed by atoms with Crippen molar-refractivity contribution in [2.75, 3.05) is 24.0 Å². The van der Waals surface area contributed by atoms with Crippen LogP contribution in [0, 0.1) is 0 Å². The van der Waals surface area contributed by atoms with Gasteiger partial charge in [-0.05, 0) is 47.3 Å². The first-order valence-corrected chi connectivity index (χ1v) is 16.5. The third-order valence-corrected chi connectivity index (χ3v) is 14.4. The fraction of sp³-hybridized carbons (Fsp3) is 0.500. The Morgan fingerprint density at radius 1 is 0.821 bits per heavy atom. The third-order valence-electron chi connectivity index (χ3n) is 4.69. The number of hydrogen-bond donors (Lipinski definition) is 2. The molecule has 1 aromatic carbocycles. The normalized spacial score (nSPS) is 24.1. The van der Waals surface area contributed by atoms with Gasteiger partial charge >= 0.3 is 0 Å². The molecule has 8 heteroatoms. The lowest BCUT2D eigenvalue weighted by Gasteiger charge is -2.25. The first kappa shape index (κ1) is 24.1. The SMILES string of the molecule is CSC(Cc1ccccc1CC(SC)C1SC=C(CS)S1)C1SC=C(CS)S1. The van der Waals surface area contributed by atoms with Crippen LogP contribution < -0.4 is 0 Å². The van der Waals surface area contributed by atoms with Crippen LogP contribution in [-0.2, 0) is 12.8 Å². The zero-order valence-electron chi connectivity index (χ0n) is 15.9. The highest BCUT2D eigenvalue weighted by molar-refractivity contribution is 8.24. The molecule has 0 radical (unpaired) electrons. The number of thiol groups is 2. The Morgan fingerprint density at radius 2 is 1.25 bits per heavy atom. The van der Waals surface area contributed by atoms with Crippen LogP contribution in [0.3, 0.4) is 0 Å². The van der Waals surface area contributed by atoms with Crippen molar-refractivity contribution in [3.63, 3.8) is 0 Å². The van der Waals surface area contributed by atoms with Crippen LogP contribution in [-0.4, -0.2) is 43.7 Å². The van der Waals surface area contributed by atoms with E-state index in [1.807, 2.05) is 70.6 Å². The Bertz CT molecular complexity index is 642. The first-order valence-electron chi connectivity index (χ1n) is 9.04. The molecule has 154 valence electrons. The standard InChI is InChI=1S/C20H26S8/c1-23-17(19-25-11-15(9-21)27-19)7-13-5-3-4-6-14(13)8-18(24-2)20-26-12-16(10-22)28-20/h3-6,11-12,17-22H,7-10H2,1-2H3. The van der Waals surface area contributed by atoms with Crippen LogP contribution in [0.2, 0.25) is 0 Å². The zero-order valence-corrected chi connectivity index (χ0v) is 22.6. The van der Waals surface area contributed by atoms with Crippen LogP contribution in [0.5, 0.6) is 0 Å². The molecule has 0 spiro atoms. The highest BCUT2D eigenvalue weighted by atomic mass is 32.2. The van der Waals surface area contributed by atoms with E-state index in [-0.39, 0.29) is 0 Å². The number of hydrogen-bond acceptors (Lipinski definition) is 8. The molecule has 4 unspecified atom stereocenters. The van der Waals surface area contributed by atoms with E-state index in [1.54, 1.807) is 0 Å². The lowest BCUT2D eigenvalue weighted by atomic mass is 9.99. The smallest absolute Gasteiger partial charge is 0.0709 e. The minimum absolute atomic E-state index is 0.602. The van der Waals surface area contributed by atoms with Crippen LogP contribution in [0.1, 0.15) is 11.1 Å². The minimum Gasteiger partial charge on any atom is -0.174 e. The second-order valence-electron chi connectivity index (χ2n) is 6.45. The maximum atomic E-state index is 4.45. The summed E-state index contributed by atoms with van der Waals surface area (Å²) in [5.74, 6) is 1.72. The van der Waals surface area contributed by atoms with Gasteiger partial charge in [-0.25, -0.2) is 0 Å². The molecule has 28 heavy (non-hydrogen) atoms. The van der Waals surface area contributed by atoms with Crippen molar-refractivity contribution in [2.45, 2.75) is 32.5 Å². The zero-order chi connectivity index (χ0) is 19.9. The maximum absolute atomic E-state index is 4.45. The summed E-state index contributed by atoms with van der Waals surface area (Å²) in [5.41, 5.74) is 3.05. The Kier molecular flexibility index (Phi) is 10.8.